The highest BCUT2D eigenvalue weighted by molar-refractivity contribution is 5.94. The Kier molecular flexibility index (Phi) is 1.69. The summed E-state index contributed by atoms with van der Waals surface area (Å²) in [6.45, 7) is 5.11. The van der Waals surface area contributed by atoms with Crippen molar-refractivity contribution in [3.8, 4) is 0 Å². The summed E-state index contributed by atoms with van der Waals surface area (Å²) in [4.78, 5) is 22.8. The average Bonchev–Trinajstić information content (AvgIpc) is 2.81. The first-order valence-electron chi connectivity index (χ1n) is 5.15. The first-order valence-corrected chi connectivity index (χ1v) is 5.15. The molecule has 3 aliphatic rings. The molecule has 1 saturated carbocycles. The van der Waals surface area contributed by atoms with E-state index in [1.807, 2.05) is 0 Å². The van der Waals surface area contributed by atoms with Crippen LogP contribution in [-0.4, -0.2) is 24.1 Å². The predicted octanol–water partition coefficient (Wildman–Crippen LogP) is 0.885. The molecule has 82 valence electrons. The normalized spacial score (nSPS) is 33.3. The van der Waals surface area contributed by atoms with Crippen molar-refractivity contribution in [2.45, 2.75) is 25.6 Å². The summed E-state index contributed by atoms with van der Waals surface area (Å²) in [6, 6.07) is 0. The monoisotopic (exact) mass is 218 g/mol. The summed E-state index contributed by atoms with van der Waals surface area (Å²) in [5.41, 5.74) is 4.80. The summed E-state index contributed by atoms with van der Waals surface area (Å²) < 4.78 is 10.4. The number of carbonyl (C=O) groups excluding carboxylic acids is 2. The van der Waals surface area contributed by atoms with Gasteiger partial charge in [0, 0.05) is 17.1 Å². The van der Waals surface area contributed by atoms with E-state index in [4.69, 9.17) is 9.47 Å². The zero-order chi connectivity index (χ0) is 11.4. The molecule has 1 saturated heterocycles. The standard InChI is InChI=1S/C12H10O4/c1-5(2)11(13)15-9-6-3-7-8(4-6)12(14)16-10(7)9/h7,9-10H,1,3H2,2H3/t7?,9?,10-/m1/s1. The predicted molar refractivity (Wildman–Crippen MR) is 53.2 cm³/mol. The lowest BCUT2D eigenvalue weighted by Crippen LogP contribution is -2.31. The molecule has 0 aromatic rings. The molecule has 0 spiro atoms. The highest BCUT2D eigenvalue weighted by atomic mass is 16.6. The maximum absolute atomic E-state index is 11.4. The largest absolute Gasteiger partial charge is 0.453 e. The van der Waals surface area contributed by atoms with Gasteiger partial charge in [-0.05, 0) is 13.3 Å². The Morgan fingerprint density at radius 3 is 3.06 bits per heavy atom. The lowest BCUT2D eigenvalue weighted by atomic mass is 10.00. The van der Waals surface area contributed by atoms with Crippen LogP contribution in [0.5, 0.6) is 0 Å². The molecule has 1 aliphatic heterocycles. The van der Waals surface area contributed by atoms with Crippen molar-refractivity contribution in [2.75, 3.05) is 0 Å². The molecule has 4 nitrogen and oxygen atoms in total. The van der Waals surface area contributed by atoms with Gasteiger partial charge in [-0.25, -0.2) is 9.59 Å². The van der Waals surface area contributed by atoms with E-state index in [9.17, 15) is 9.59 Å². The number of hydrogen-bond donors (Lipinski definition) is 0. The first kappa shape index (κ1) is 9.43. The van der Waals surface area contributed by atoms with Crippen LogP contribution in [0.4, 0.5) is 0 Å². The molecule has 0 amide bonds. The van der Waals surface area contributed by atoms with E-state index in [2.05, 4.69) is 12.3 Å². The summed E-state index contributed by atoms with van der Waals surface area (Å²) >= 11 is 0. The molecule has 0 aromatic carbocycles. The van der Waals surface area contributed by atoms with E-state index in [1.54, 1.807) is 6.92 Å². The second kappa shape index (κ2) is 2.86. The van der Waals surface area contributed by atoms with Crippen LogP contribution >= 0.6 is 0 Å². The van der Waals surface area contributed by atoms with Crippen LogP contribution in [0.15, 0.2) is 29.0 Å². The van der Waals surface area contributed by atoms with Crippen molar-refractivity contribution in [1.29, 1.82) is 0 Å². The van der Waals surface area contributed by atoms with Crippen molar-refractivity contribution < 1.29 is 19.1 Å². The molecule has 2 bridgehead atoms. The first-order chi connectivity index (χ1) is 7.58. The van der Waals surface area contributed by atoms with Crippen molar-refractivity contribution >= 4 is 11.9 Å². The van der Waals surface area contributed by atoms with Crippen molar-refractivity contribution in [1.82, 2.24) is 0 Å². The minimum atomic E-state index is -0.454. The minimum absolute atomic E-state index is 0.0467. The highest BCUT2D eigenvalue weighted by Crippen LogP contribution is 2.48. The number of ether oxygens (including phenoxy) is 2. The van der Waals surface area contributed by atoms with Crippen LogP contribution < -0.4 is 0 Å². The SMILES string of the molecule is C=C(C)C(=O)OC1C2=C=C3C(=O)O[C@@H]1C3C2. The van der Waals surface area contributed by atoms with Gasteiger partial charge in [-0.3, -0.25) is 0 Å². The van der Waals surface area contributed by atoms with Gasteiger partial charge in [0.05, 0.1) is 5.57 Å². The van der Waals surface area contributed by atoms with Gasteiger partial charge in [0.15, 0.2) is 12.2 Å². The number of rotatable bonds is 2. The molecule has 0 radical (unpaired) electrons. The fourth-order valence-corrected chi connectivity index (χ4v) is 2.42. The van der Waals surface area contributed by atoms with Gasteiger partial charge in [0.1, 0.15) is 0 Å². The Morgan fingerprint density at radius 1 is 1.62 bits per heavy atom. The third-order valence-electron chi connectivity index (χ3n) is 3.19. The topological polar surface area (TPSA) is 52.6 Å². The van der Waals surface area contributed by atoms with E-state index in [0.717, 1.165) is 12.0 Å². The van der Waals surface area contributed by atoms with Gasteiger partial charge >= 0.3 is 11.9 Å². The molecule has 4 heteroatoms. The van der Waals surface area contributed by atoms with E-state index in [1.165, 1.54) is 0 Å². The van der Waals surface area contributed by atoms with E-state index in [-0.39, 0.29) is 18.0 Å². The molecular formula is C12H10O4. The van der Waals surface area contributed by atoms with Gasteiger partial charge in [-0.2, -0.15) is 0 Å². The second-order valence-electron chi connectivity index (χ2n) is 4.35. The van der Waals surface area contributed by atoms with Crippen molar-refractivity contribution in [2.24, 2.45) is 5.92 Å². The van der Waals surface area contributed by atoms with Crippen LogP contribution in [0.2, 0.25) is 0 Å². The molecule has 2 unspecified atom stereocenters. The second-order valence-corrected chi connectivity index (χ2v) is 4.35. The summed E-state index contributed by atoms with van der Waals surface area (Å²) in [5.74, 6) is -0.722. The van der Waals surface area contributed by atoms with Crippen LogP contribution in [0.1, 0.15) is 13.3 Å². The molecular weight excluding hydrogens is 208 g/mol. The van der Waals surface area contributed by atoms with E-state index < -0.39 is 12.1 Å². The Hall–Kier alpha value is -1.80. The minimum Gasteiger partial charge on any atom is -0.453 e. The zero-order valence-corrected chi connectivity index (χ0v) is 8.78. The smallest absolute Gasteiger partial charge is 0.342 e. The van der Waals surface area contributed by atoms with Crippen LogP contribution in [0.3, 0.4) is 0 Å². The molecule has 1 heterocycles. The number of carbonyl (C=O) groups is 2. The van der Waals surface area contributed by atoms with Gasteiger partial charge in [0.25, 0.3) is 0 Å². The molecule has 2 aliphatic carbocycles. The van der Waals surface area contributed by atoms with E-state index in [0.29, 0.717) is 11.1 Å². The molecule has 3 rings (SSSR count). The fraction of sp³-hybridized carbons (Fsp3) is 0.417. The Bertz CT molecular complexity index is 493. The third kappa shape index (κ3) is 1.05. The molecule has 2 fully saturated rings. The van der Waals surface area contributed by atoms with Crippen LogP contribution in [0.25, 0.3) is 0 Å². The molecule has 3 atom stereocenters. The van der Waals surface area contributed by atoms with Crippen molar-refractivity contribution in [3.63, 3.8) is 0 Å². The van der Waals surface area contributed by atoms with Crippen molar-refractivity contribution in [3.05, 3.63) is 29.0 Å². The fourth-order valence-electron chi connectivity index (χ4n) is 2.42. The lowest BCUT2D eigenvalue weighted by Gasteiger charge is -2.19. The Balaban J connectivity index is 1.87. The average molecular weight is 218 g/mol. The summed E-state index contributed by atoms with van der Waals surface area (Å²) in [6.07, 6.45) is -0.0636. The maximum atomic E-state index is 11.4. The number of esters is 2. The Morgan fingerprint density at radius 2 is 2.38 bits per heavy atom. The third-order valence-corrected chi connectivity index (χ3v) is 3.19. The van der Waals surface area contributed by atoms with Crippen LogP contribution in [-0.2, 0) is 19.1 Å². The maximum Gasteiger partial charge on any atom is 0.342 e. The highest BCUT2D eigenvalue weighted by Gasteiger charge is 2.56. The number of fused-ring (bicyclic) bond motifs is 1. The summed E-state index contributed by atoms with van der Waals surface area (Å²) in [7, 11) is 0. The van der Waals surface area contributed by atoms with Gasteiger partial charge in [-0.15, -0.1) is 5.73 Å². The Labute approximate surface area is 92.2 Å². The zero-order valence-electron chi connectivity index (χ0n) is 8.78. The lowest BCUT2D eigenvalue weighted by molar-refractivity contribution is -0.154. The summed E-state index contributed by atoms with van der Waals surface area (Å²) in [5, 5.41) is 0. The van der Waals surface area contributed by atoms with Gasteiger partial charge < -0.3 is 9.47 Å². The number of hydrogen-bond acceptors (Lipinski definition) is 4. The molecule has 16 heavy (non-hydrogen) atoms. The molecule has 0 aromatic heterocycles. The van der Waals surface area contributed by atoms with Gasteiger partial charge in [0.2, 0.25) is 0 Å². The van der Waals surface area contributed by atoms with E-state index >= 15 is 0 Å². The van der Waals surface area contributed by atoms with Gasteiger partial charge in [-0.1, -0.05) is 6.58 Å². The molecule has 0 N–H and O–H groups in total. The van der Waals surface area contributed by atoms with Crippen LogP contribution in [0, 0.1) is 5.92 Å². The quantitative estimate of drug-likeness (QED) is 0.392.